The second kappa shape index (κ2) is 41.4. The number of fused-ring (bicyclic) bond motifs is 8. The fourth-order valence-electron chi connectivity index (χ4n) is 21.1. The number of hydrogen-bond acceptors (Lipinski definition) is 29. The van der Waals surface area contributed by atoms with Crippen molar-refractivity contribution in [2.45, 2.75) is 158 Å². The van der Waals surface area contributed by atoms with Gasteiger partial charge >= 0.3 is 0 Å². The molecule has 1 spiro atoms. The number of carbonyl (C=O) groups excluding carboxylic acids is 8. The quantitative estimate of drug-likeness (QED) is 0.0230. The lowest BCUT2D eigenvalue weighted by Gasteiger charge is -2.55. The Labute approximate surface area is 854 Å². The van der Waals surface area contributed by atoms with Gasteiger partial charge in [0.25, 0.3) is 23.6 Å². The van der Waals surface area contributed by atoms with Gasteiger partial charge in [-0.25, -0.2) is 39.9 Å². The summed E-state index contributed by atoms with van der Waals surface area (Å²) < 4.78 is 41.0. The Bertz CT molecular complexity index is 7500. The average Bonchev–Trinajstić information content (AvgIpc) is 1.45. The van der Waals surface area contributed by atoms with Gasteiger partial charge in [0.05, 0.1) is 115 Å². The Hall–Kier alpha value is -16.0. The first-order valence-corrected chi connectivity index (χ1v) is 50.8. The highest BCUT2D eigenvalue weighted by Gasteiger charge is 2.51. The molecule has 8 amide bonds. The van der Waals surface area contributed by atoms with E-state index < -0.39 is 0 Å². The lowest BCUT2D eigenvalue weighted by atomic mass is 9.78. The zero-order valence-corrected chi connectivity index (χ0v) is 84.1. The number of methoxy groups -OCH3 is 4. The topological polar surface area (TPSA) is 484 Å². The Kier molecular flexibility index (Phi) is 27.1. The molecule has 0 radical (unpaired) electrons. The highest BCUT2D eigenvalue weighted by Crippen LogP contribution is 2.42. The largest absolute Gasteiger partial charge is 0.380 e. The molecule has 12 aromatic rings. The molecular formula is C104H118N32O13. The van der Waals surface area contributed by atoms with Crippen LogP contribution in [0.2, 0.25) is 0 Å². The van der Waals surface area contributed by atoms with E-state index in [0.717, 1.165) is 210 Å². The summed E-state index contributed by atoms with van der Waals surface area (Å²) >= 11 is 0. The number of nitrogens with one attached hydrogen (secondary N) is 8. The van der Waals surface area contributed by atoms with Crippen LogP contribution in [0.3, 0.4) is 0 Å². The number of carbonyl (C=O) groups is 8. The molecule has 45 heteroatoms. The van der Waals surface area contributed by atoms with Gasteiger partial charge in [0, 0.05) is 227 Å². The first-order chi connectivity index (χ1) is 72.7. The van der Waals surface area contributed by atoms with E-state index in [2.05, 4.69) is 82.9 Å². The Balaban J connectivity index is 0.000000112. The van der Waals surface area contributed by atoms with Gasteiger partial charge in [0.2, 0.25) is 23.6 Å². The van der Waals surface area contributed by atoms with Gasteiger partial charge in [0.15, 0.2) is 22.6 Å². The molecule has 13 aliphatic rings. The second-order valence-electron chi connectivity index (χ2n) is 39.3. The van der Waals surface area contributed by atoms with E-state index in [9.17, 15) is 38.4 Å². The zero-order valence-electron chi connectivity index (χ0n) is 84.1. The smallest absolute Gasteiger partial charge is 0.257 e. The molecule has 21 heterocycles. The van der Waals surface area contributed by atoms with Crippen molar-refractivity contribution in [2.75, 3.05) is 143 Å². The van der Waals surface area contributed by atoms with E-state index in [1.807, 2.05) is 135 Å². The fraction of sp³-hybridized carbons (Fsp3) is 0.423. The van der Waals surface area contributed by atoms with Crippen molar-refractivity contribution in [3.05, 3.63) is 169 Å². The highest BCUT2D eigenvalue weighted by atomic mass is 16.5. The third kappa shape index (κ3) is 18.6. The van der Waals surface area contributed by atoms with Crippen LogP contribution in [0.25, 0.3) is 112 Å². The summed E-state index contributed by atoms with van der Waals surface area (Å²) in [6.07, 6.45) is 33.4. The van der Waals surface area contributed by atoms with Crippen LogP contribution in [0.1, 0.15) is 125 Å². The van der Waals surface area contributed by atoms with Crippen molar-refractivity contribution in [2.24, 2.45) is 5.41 Å². The first-order valence-electron chi connectivity index (χ1n) is 50.8. The predicted molar refractivity (Wildman–Crippen MR) is 551 cm³/mol. The van der Waals surface area contributed by atoms with Crippen molar-refractivity contribution in [1.29, 1.82) is 0 Å². The molecule has 0 bridgehead atoms. The van der Waals surface area contributed by atoms with Crippen LogP contribution < -0.4 is 42.5 Å². The minimum atomic E-state index is -0.230. The van der Waals surface area contributed by atoms with E-state index >= 15 is 0 Å². The normalized spacial score (nSPS) is 19.9. The SMILES string of the molecule is CNc1cc(-c2cn(CC(=O)N3CCCC3)c3ncccc23)nc2c(C(=O)N[C@@H]3CC[C@H]3OC)cnn12.CNc1cc(-c2cn(CC(=O)N3CCCC3)c3ncccc23)nc2c(C(=O)N[C@H]3CC[C@@H]3OC)cnn12.CNc1cc(-c2cnc3n(CC(=O)N4CC5(COC5)C4)cccc2-3)nc2c(C(=O)N[C@H]3CC[C@@H]3OC)cnn12.CNc1cc(-c2cnc3n(CC(=O)N4CCC4)cccc2-3)nc2c(C(=O)NC3CC[C@@H]3OC)cnn12. The number of aromatic nitrogens is 20. The van der Waals surface area contributed by atoms with Gasteiger partial charge < -0.3 is 104 Å². The third-order valence-corrected chi connectivity index (χ3v) is 30.4. The fourth-order valence-corrected chi connectivity index (χ4v) is 21.1. The predicted octanol–water partition coefficient (Wildman–Crippen LogP) is 8.02. The maximum absolute atomic E-state index is 13.2. The number of nitrogens with zero attached hydrogens (tertiary/aromatic N) is 24. The summed E-state index contributed by atoms with van der Waals surface area (Å²) in [5.74, 6) is 3.62. The standard InChI is InChI=1S/C27H30N8O4.2C26H30N8O3.C25H28N8O3/c1-28-22-8-20(31-25-18(10-30-35(22)25)26(37)32-19-5-6-21(19)38-2)17-9-29-24-16(17)4-3-7-33(24)11-23(36)34-12-27(13-34)14-39-15-27;2*1-27-22-12-20(30-25-17(13-29-34(22)25)26(36)31-19-7-8-21(19)37-2)18-14-33(24-16(18)6-5-9-28-24)15-23(35)32-10-3-4-11-32;1-26-21-11-19(29-24-17(13-28-33(21)24)25(35)30-18-6-7-20(18)36-2)16-12-27-23-15(16)5-3-8-32(23)14-22(34)31-9-4-10-31/h3-4,7-10,19,21,28H,5-6,11-15H2,1-2H3,(H,32,37);2*5-6,9,12-14,19,21,27H,3-4,7-8,10-11,15H2,1-2H3,(H,31,36);3,5,8,11-13,18,20,26H,4,6-7,9-10,14H2,1-2H3,(H,30,35)/t3*19-,21-;18?,20-/m0100/s1. The number of rotatable bonds is 28. The number of likely N-dealkylation sites (tertiary alicyclic amines) is 4. The summed E-state index contributed by atoms with van der Waals surface area (Å²) in [5.41, 5.74) is 12.7. The van der Waals surface area contributed by atoms with E-state index in [1.165, 1.54) is 0 Å². The first kappa shape index (κ1) is 97.7. The van der Waals surface area contributed by atoms with E-state index in [-0.39, 0.29) is 127 Å². The van der Waals surface area contributed by atoms with Gasteiger partial charge in [-0.2, -0.15) is 38.5 Å². The number of pyridine rings is 4. The Morgan fingerprint density at radius 3 is 0.940 bits per heavy atom. The molecule has 149 heavy (non-hydrogen) atoms. The van der Waals surface area contributed by atoms with E-state index in [4.69, 9.17) is 43.6 Å². The average molecular weight is 2020 g/mol. The molecule has 4 aliphatic carbocycles. The van der Waals surface area contributed by atoms with Crippen LogP contribution in [-0.2, 0) is 69.0 Å². The van der Waals surface area contributed by atoms with Gasteiger partial charge in [0.1, 0.15) is 94.6 Å². The Morgan fingerprint density at radius 1 is 0.349 bits per heavy atom. The third-order valence-electron chi connectivity index (χ3n) is 30.4. The molecule has 4 saturated carbocycles. The summed E-state index contributed by atoms with van der Waals surface area (Å²) in [7, 11) is 13.9. The Morgan fingerprint density at radius 2 is 0.658 bits per heavy atom. The van der Waals surface area contributed by atoms with E-state index in [1.54, 1.807) is 124 Å². The van der Waals surface area contributed by atoms with Crippen LogP contribution >= 0.6 is 0 Å². The number of ether oxygens (including phenoxy) is 5. The van der Waals surface area contributed by atoms with Crippen molar-refractivity contribution < 1.29 is 62.0 Å². The molecule has 9 aliphatic heterocycles. The molecule has 1 unspecified atom stereocenters. The molecular weight excluding hydrogens is 1910 g/mol. The lowest BCUT2D eigenvalue weighted by Crippen LogP contribution is -2.67. The molecule has 772 valence electrons. The van der Waals surface area contributed by atoms with Crippen molar-refractivity contribution >= 4 is 115 Å². The van der Waals surface area contributed by atoms with Crippen LogP contribution in [0.15, 0.2) is 147 Å². The summed E-state index contributed by atoms with van der Waals surface area (Å²) in [6, 6.07) is 23.0. The molecule has 9 fully saturated rings. The van der Waals surface area contributed by atoms with Gasteiger partial charge in [-0.1, -0.05) is 0 Å². The number of amides is 8. The van der Waals surface area contributed by atoms with Crippen LogP contribution in [-0.4, -0.2) is 334 Å². The van der Waals surface area contributed by atoms with Crippen molar-refractivity contribution in [1.82, 2.24) is 137 Å². The van der Waals surface area contributed by atoms with Crippen LogP contribution in [0, 0.1) is 5.41 Å². The summed E-state index contributed by atoms with van der Waals surface area (Å²) in [6.45, 7) is 8.77. The minimum absolute atomic E-state index is 0.0120. The number of hydrogen-bond donors (Lipinski definition) is 8. The van der Waals surface area contributed by atoms with E-state index in [0.29, 0.717) is 96.7 Å². The molecule has 12 aromatic heterocycles. The van der Waals surface area contributed by atoms with Crippen molar-refractivity contribution in [3.8, 4) is 67.8 Å². The number of anilines is 4. The molecule has 5 saturated heterocycles. The summed E-state index contributed by atoms with van der Waals surface area (Å²) in [5, 5.41) is 44.3. The lowest BCUT2D eigenvalue weighted by molar-refractivity contribution is -0.195. The van der Waals surface area contributed by atoms with Gasteiger partial charge in [-0.15, -0.1) is 0 Å². The monoisotopic (exact) mass is 2020 g/mol. The van der Waals surface area contributed by atoms with Gasteiger partial charge in [-0.3, -0.25) is 38.4 Å². The minimum Gasteiger partial charge on any atom is -0.380 e. The van der Waals surface area contributed by atoms with Crippen LogP contribution in [0.5, 0.6) is 0 Å². The highest BCUT2D eigenvalue weighted by molar-refractivity contribution is 6.05. The summed E-state index contributed by atoms with van der Waals surface area (Å²) in [4.78, 5) is 149. The molecule has 25 rings (SSSR count). The second-order valence-corrected chi connectivity index (χ2v) is 39.3. The van der Waals surface area contributed by atoms with Crippen LogP contribution in [0.4, 0.5) is 23.3 Å². The molecule has 8 N–H and O–H groups in total. The maximum atomic E-state index is 13.2. The molecule has 0 aromatic carbocycles. The molecule has 45 nitrogen and oxygen atoms in total. The molecule has 8 atom stereocenters. The van der Waals surface area contributed by atoms with Gasteiger partial charge in [-0.05, 0) is 132 Å². The zero-order chi connectivity index (χ0) is 103. The van der Waals surface area contributed by atoms with Crippen molar-refractivity contribution in [3.63, 3.8) is 0 Å². The maximum Gasteiger partial charge on any atom is 0.257 e.